The molecular weight excluding hydrogens is 296 g/mol. The Kier molecular flexibility index (Phi) is 7.68. The fraction of sp³-hybridized carbons (Fsp3) is 0.692. The molecule has 0 aliphatic rings. The third-order valence-electron chi connectivity index (χ3n) is 2.68. The van der Waals surface area contributed by atoms with Crippen molar-refractivity contribution in [2.75, 3.05) is 19.7 Å². The molecule has 1 rings (SSSR count). The Bertz CT molecular complexity index is 486. The second-order valence-corrected chi connectivity index (χ2v) is 7.31. The van der Waals surface area contributed by atoms with Gasteiger partial charge in [0.25, 0.3) is 0 Å². The SMILES string of the molecule is CCCNCc1cc(S(=O)(=O)NCC(C)OCC)cs1. The first-order valence-electron chi connectivity index (χ1n) is 6.89. The predicted octanol–water partition coefficient (Wildman–Crippen LogP) is 1.95. The van der Waals surface area contributed by atoms with Crippen LogP contribution in [0.4, 0.5) is 0 Å². The van der Waals surface area contributed by atoms with Crippen molar-refractivity contribution in [3.05, 3.63) is 16.3 Å². The van der Waals surface area contributed by atoms with Crippen molar-refractivity contribution in [2.24, 2.45) is 0 Å². The second kappa shape index (κ2) is 8.74. The van der Waals surface area contributed by atoms with Crippen LogP contribution in [0.3, 0.4) is 0 Å². The standard InChI is InChI=1S/C13H24N2O3S2/c1-4-6-14-9-12-7-13(10-19-12)20(16,17)15-8-11(3)18-5-2/h7,10-11,14-15H,4-6,8-9H2,1-3H3. The Labute approximate surface area is 125 Å². The molecule has 0 aromatic carbocycles. The first kappa shape index (κ1) is 17.6. The average Bonchev–Trinajstić information content (AvgIpc) is 2.87. The maximum absolute atomic E-state index is 12.1. The van der Waals surface area contributed by atoms with Gasteiger partial charge in [0.05, 0.1) is 11.0 Å². The molecule has 0 fully saturated rings. The van der Waals surface area contributed by atoms with E-state index in [1.807, 2.05) is 13.8 Å². The summed E-state index contributed by atoms with van der Waals surface area (Å²) < 4.78 is 32.1. The predicted molar refractivity (Wildman–Crippen MR) is 82.6 cm³/mol. The van der Waals surface area contributed by atoms with Gasteiger partial charge in [0.2, 0.25) is 10.0 Å². The fourth-order valence-electron chi connectivity index (χ4n) is 1.64. The lowest BCUT2D eigenvalue weighted by molar-refractivity contribution is 0.0799. The van der Waals surface area contributed by atoms with Crippen LogP contribution >= 0.6 is 11.3 Å². The normalized spacial score (nSPS) is 13.6. The van der Waals surface area contributed by atoms with Crippen molar-refractivity contribution >= 4 is 21.4 Å². The molecule has 1 unspecified atom stereocenters. The molecule has 1 aromatic rings. The molecule has 0 saturated heterocycles. The van der Waals surface area contributed by atoms with E-state index in [0.29, 0.717) is 18.0 Å². The highest BCUT2D eigenvalue weighted by atomic mass is 32.2. The largest absolute Gasteiger partial charge is 0.377 e. The van der Waals surface area contributed by atoms with Crippen molar-refractivity contribution in [1.82, 2.24) is 10.0 Å². The molecule has 1 atom stereocenters. The number of sulfonamides is 1. The van der Waals surface area contributed by atoms with Crippen molar-refractivity contribution in [1.29, 1.82) is 0 Å². The van der Waals surface area contributed by atoms with Crippen LogP contribution in [0, 0.1) is 0 Å². The van der Waals surface area contributed by atoms with Gasteiger partial charge in [0, 0.05) is 30.0 Å². The van der Waals surface area contributed by atoms with Crippen LogP contribution in [-0.2, 0) is 21.3 Å². The highest BCUT2D eigenvalue weighted by Crippen LogP contribution is 2.19. The smallest absolute Gasteiger partial charge is 0.241 e. The van der Waals surface area contributed by atoms with E-state index in [0.717, 1.165) is 17.8 Å². The summed E-state index contributed by atoms with van der Waals surface area (Å²) in [5, 5.41) is 4.94. The van der Waals surface area contributed by atoms with Gasteiger partial charge in [-0.1, -0.05) is 6.92 Å². The summed E-state index contributed by atoms with van der Waals surface area (Å²) in [5.74, 6) is 0. The molecule has 5 nitrogen and oxygen atoms in total. The first-order valence-corrected chi connectivity index (χ1v) is 9.25. The molecule has 0 aliphatic carbocycles. The van der Waals surface area contributed by atoms with Crippen LogP contribution in [0.2, 0.25) is 0 Å². The topological polar surface area (TPSA) is 67.4 Å². The van der Waals surface area contributed by atoms with E-state index in [4.69, 9.17) is 4.74 Å². The van der Waals surface area contributed by atoms with Crippen molar-refractivity contribution in [3.8, 4) is 0 Å². The molecule has 7 heteroatoms. The summed E-state index contributed by atoms with van der Waals surface area (Å²) in [5.41, 5.74) is 0. The van der Waals surface area contributed by atoms with Gasteiger partial charge in [-0.2, -0.15) is 0 Å². The Balaban J connectivity index is 2.54. The van der Waals surface area contributed by atoms with E-state index in [-0.39, 0.29) is 12.6 Å². The molecule has 20 heavy (non-hydrogen) atoms. The Morgan fingerprint density at radius 1 is 1.40 bits per heavy atom. The Morgan fingerprint density at radius 3 is 2.80 bits per heavy atom. The van der Waals surface area contributed by atoms with Crippen molar-refractivity contribution in [3.63, 3.8) is 0 Å². The summed E-state index contributed by atoms with van der Waals surface area (Å²) in [4.78, 5) is 1.36. The highest BCUT2D eigenvalue weighted by molar-refractivity contribution is 7.89. The molecule has 0 spiro atoms. The molecule has 1 heterocycles. The molecule has 1 aromatic heterocycles. The van der Waals surface area contributed by atoms with E-state index in [1.165, 1.54) is 11.3 Å². The number of nitrogens with one attached hydrogen (secondary N) is 2. The molecular formula is C13H24N2O3S2. The van der Waals surface area contributed by atoms with Gasteiger partial charge < -0.3 is 10.1 Å². The Morgan fingerprint density at radius 2 is 2.15 bits per heavy atom. The van der Waals surface area contributed by atoms with Crippen LogP contribution < -0.4 is 10.0 Å². The van der Waals surface area contributed by atoms with Gasteiger partial charge in [-0.3, -0.25) is 0 Å². The third-order valence-corrected chi connectivity index (χ3v) is 5.17. The number of thiophene rings is 1. The molecule has 0 saturated carbocycles. The number of hydrogen-bond acceptors (Lipinski definition) is 5. The van der Waals surface area contributed by atoms with Gasteiger partial charge >= 0.3 is 0 Å². The van der Waals surface area contributed by atoms with Crippen LogP contribution in [0.5, 0.6) is 0 Å². The zero-order valence-corrected chi connectivity index (χ0v) is 13.9. The molecule has 2 N–H and O–H groups in total. The van der Waals surface area contributed by atoms with E-state index < -0.39 is 10.0 Å². The average molecular weight is 320 g/mol. The van der Waals surface area contributed by atoms with Crippen molar-refractivity contribution < 1.29 is 13.2 Å². The zero-order valence-electron chi connectivity index (χ0n) is 12.3. The van der Waals surface area contributed by atoms with Gasteiger partial charge in [-0.15, -0.1) is 11.3 Å². The van der Waals surface area contributed by atoms with Crippen LogP contribution in [0.25, 0.3) is 0 Å². The van der Waals surface area contributed by atoms with Gasteiger partial charge in [0.1, 0.15) is 0 Å². The lowest BCUT2D eigenvalue weighted by Gasteiger charge is -2.12. The minimum Gasteiger partial charge on any atom is -0.377 e. The van der Waals surface area contributed by atoms with Crippen LogP contribution in [0.15, 0.2) is 16.3 Å². The summed E-state index contributed by atoms with van der Waals surface area (Å²) in [6.45, 7) is 8.34. The maximum atomic E-state index is 12.1. The summed E-state index contributed by atoms with van der Waals surface area (Å²) in [6.07, 6.45) is 0.937. The maximum Gasteiger partial charge on any atom is 0.241 e. The van der Waals surface area contributed by atoms with E-state index >= 15 is 0 Å². The molecule has 0 amide bonds. The Hall–Kier alpha value is -0.470. The van der Waals surface area contributed by atoms with Gasteiger partial charge in [-0.05, 0) is 32.9 Å². The number of rotatable bonds is 10. The van der Waals surface area contributed by atoms with Crippen LogP contribution in [-0.4, -0.2) is 34.2 Å². The molecule has 0 bridgehead atoms. The van der Waals surface area contributed by atoms with Crippen molar-refractivity contribution in [2.45, 2.75) is 44.7 Å². The quantitative estimate of drug-likeness (QED) is 0.647. The van der Waals surface area contributed by atoms with E-state index in [1.54, 1.807) is 11.4 Å². The summed E-state index contributed by atoms with van der Waals surface area (Å²) in [6, 6.07) is 1.72. The van der Waals surface area contributed by atoms with E-state index in [9.17, 15) is 8.42 Å². The third kappa shape index (κ3) is 5.88. The highest BCUT2D eigenvalue weighted by Gasteiger charge is 2.17. The number of ether oxygens (including phenoxy) is 1. The molecule has 0 radical (unpaired) electrons. The summed E-state index contributed by atoms with van der Waals surface area (Å²) >= 11 is 1.46. The minimum absolute atomic E-state index is 0.126. The van der Waals surface area contributed by atoms with Crippen LogP contribution in [0.1, 0.15) is 32.1 Å². The molecule has 0 aliphatic heterocycles. The monoisotopic (exact) mass is 320 g/mol. The zero-order chi connectivity index (χ0) is 15.0. The first-order chi connectivity index (χ1) is 9.49. The lowest BCUT2D eigenvalue weighted by Crippen LogP contribution is -2.32. The van der Waals surface area contributed by atoms with Gasteiger partial charge in [0.15, 0.2) is 0 Å². The van der Waals surface area contributed by atoms with Gasteiger partial charge in [-0.25, -0.2) is 13.1 Å². The minimum atomic E-state index is -3.43. The lowest BCUT2D eigenvalue weighted by atomic mass is 10.4. The number of hydrogen-bond donors (Lipinski definition) is 2. The van der Waals surface area contributed by atoms with E-state index in [2.05, 4.69) is 17.0 Å². The summed E-state index contributed by atoms with van der Waals surface area (Å²) in [7, 11) is -3.43. The fourth-order valence-corrected chi connectivity index (χ4v) is 4.00. The molecule has 116 valence electrons. The second-order valence-electron chi connectivity index (χ2n) is 4.54.